The van der Waals surface area contributed by atoms with Crippen molar-refractivity contribution in [2.75, 3.05) is 0 Å². The molecule has 0 saturated heterocycles. The maximum Gasteiger partial charge on any atom is 0.0288 e. The van der Waals surface area contributed by atoms with Gasteiger partial charge in [0.1, 0.15) is 0 Å². The number of rotatable bonds is 5. The Balaban J connectivity index is 2.08. The molecule has 0 spiro atoms. The molecule has 0 radical (unpaired) electrons. The molecule has 1 aliphatic rings. The van der Waals surface area contributed by atoms with Crippen LogP contribution < -0.4 is 11.3 Å². The second-order valence-corrected chi connectivity index (χ2v) is 6.26. The molecule has 1 aromatic carbocycles. The van der Waals surface area contributed by atoms with E-state index in [1.807, 2.05) is 0 Å². The zero-order chi connectivity index (χ0) is 14.5. The van der Waals surface area contributed by atoms with Crippen molar-refractivity contribution in [3.63, 3.8) is 0 Å². The predicted molar refractivity (Wildman–Crippen MR) is 86.6 cm³/mol. The number of hydrogen-bond acceptors (Lipinski definition) is 2. The van der Waals surface area contributed by atoms with E-state index in [2.05, 4.69) is 44.4 Å². The fourth-order valence-electron chi connectivity index (χ4n) is 3.37. The summed E-state index contributed by atoms with van der Waals surface area (Å²) in [5, 5.41) is 0. The normalized spacial score (nSPS) is 16.9. The molecule has 1 aliphatic carbocycles. The van der Waals surface area contributed by atoms with Crippen molar-refractivity contribution in [2.24, 2.45) is 5.84 Å². The zero-order valence-corrected chi connectivity index (χ0v) is 13.1. The van der Waals surface area contributed by atoms with E-state index in [0.29, 0.717) is 6.04 Å². The Bertz CT molecular complexity index is 465. The van der Waals surface area contributed by atoms with Crippen LogP contribution in [0.1, 0.15) is 54.4 Å². The molecule has 1 aromatic rings. The largest absolute Gasteiger partial charge is 0.271 e. The van der Waals surface area contributed by atoms with Crippen molar-refractivity contribution in [2.45, 2.75) is 65.3 Å². The molecule has 0 heterocycles. The third-order valence-corrected chi connectivity index (χ3v) is 4.42. The van der Waals surface area contributed by atoms with Crippen molar-refractivity contribution in [1.29, 1.82) is 0 Å². The Morgan fingerprint density at radius 3 is 2.35 bits per heavy atom. The van der Waals surface area contributed by atoms with Gasteiger partial charge in [0.2, 0.25) is 0 Å². The average Bonchev–Trinajstić information content (AvgIpc) is 2.42. The number of aryl methyl sites for hydroxylation is 3. The highest BCUT2D eigenvalue weighted by molar-refractivity contribution is 5.38. The third-order valence-electron chi connectivity index (χ3n) is 4.42. The fourth-order valence-corrected chi connectivity index (χ4v) is 3.37. The summed E-state index contributed by atoms with van der Waals surface area (Å²) in [6.07, 6.45) is 9.71. The monoisotopic (exact) mass is 272 g/mol. The number of hydrazine groups is 1. The smallest absolute Gasteiger partial charge is 0.0288 e. The topological polar surface area (TPSA) is 38.0 Å². The van der Waals surface area contributed by atoms with Crippen molar-refractivity contribution in [3.8, 4) is 0 Å². The van der Waals surface area contributed by atoms with Crippen molar-refractivity contribution < 1.29 is 0 Å². The lowest BCUT2D eigenvalue weighted by molar-refractivity contribution is 0.503. The van der Waals surface area contributed by atoms with Gasteiger partial charge >= 0.3 is 0 Å². The molecular formula is C18H28N2. The molecule has 1 unspecified atom stereocenters. The van der Waals surface area contributed by atoms with E-state index in [1.165, 1.54) is 47.9 Å². The number of nitrogens with two attached hydrogens (primary N) is 1. The van der Waals surface area contributed by atoms with Gasteiger partial charge in [-0.3, -0.25) is 11.3 Å². The summed E-state index contributed by atoms with van der Waals surface area (Å²) in [6, 6.07) is 4.89. The van der Waals surface area contributed by atoms with E-state index in [1.54, 1.807) is 5.57 Å². The summed E-state index contributed by atoms with van der Waals surface area (Å²) < 4.78 is 0. The van der Waals surface area contributed by atoms with Crippen LogP contribution in [0.15, 0.2) is 23.8 Å². The van der Waals surface area contributed by atoms with Gasteiger partial charge in [-0.15, -0.1) is 0 Å². The lowest BCUT2D eigenvalue weighted by Crippen LogP contribution is -2.37. The Labute approximate surface area is 123 Å². The van der Waals surface area contributed by atoms with Gasteiger partial charge in [-0.2, -0.15) is 0 Å². The molecule has 20 heavy (non-hydrogen) atoms. The lowest BCUT2D eigenvalue weighted by Gasteiger charge is -2.22. The Hall–Kier alpha value is -1.12. The van der Waals surface area contributed by atoms with E-state index >= 15 is 0 Å². The van der Waals surface area contributed by atoms with Crippen LogP contribution in [0.3, 0.4) is 0 Å². The summed E-state index contributed by atoms with van der Waals surface area (Å²) in [5.41, 5.74) is 10.2. The molecule has 0 fully saturated rings. The van der Waals surface area contributed by atoms with Gasteiger partial charge in [-0.05, 0) is 76.0 Å². The first kappa shape index (κ1) is 15.3. The Morgan fingerprint density at radius 1 is 1.10 bits per heavy atom. The first-order valence-electron chi connectivity index (χ1n) is 7.81. The van der Waals surface area contributed by atoms with Crippen LogP contribution in [0.2, 0.25) is 0 Å². The maximum atomic E-state index is 5.79. The molecular weight excluding hydrogens is 244 g/mol. The van der Waals surface area contributed by atoms with Crippen molar-refractivity contribution >= 4 is 0 Å². The Kier molecular flexibility index (Phi) is 5.38. The maximum absolute atomic E-state index is 5.79. The van der Waals surface area contributed by atoms with Crippen LogP contribution >= 0.6 is 0 Å². The SMILES string of the molecule is Cc1cc(C)c(CC(CC2=CCCCC2)NN)c(C)c1. The van der Waals surface area contributed by atoms with Crippen LogP contribution in [0.5, 0.6) is 0 Å². The van der Waals surface area contributed by atoms with Gasteiger partial charge in [-0.25, -0.2) is 0 Å². The van der Waals surface area contributed by atoms with E-state index in [4.69, 9.17) is 5.84 Å². The molecule has 2 rings (SSSR count). The van der Waals surface area contributed by atoms with Gasteiger partial charge in [0.25, 0.3) is 0 Å². The molecule has 1 atom stereocenters. The van der Waals surface area contributed by atoms with Crippen LogP contribution in [-0.2, 0) is 6.42 Å². The second kappa shape index (κ2) is 7.05. The minimum atomic E-state index is 0.347. The molecule has 0 aromatic heterocycles. The molecule has 0 amide bonds. The average molecular weight is 272 g/mol. The van der Waals surface area contributed by atoms with E-state index < -0.39 is 0 Å². The summed E-state index contributed by atoms with van der Waals surface area (Å²) in [7, 11) is 0. The third kappa shape index (κ3) is 3.94. The van der Waals surface area contributed by atoms with E-state index in [0.717, 1.165) is 12.8 Å². The number of nitrogens with one attached hydrogen (secondary N) is 1. The highest BCUT2D eigenvalue weighted by Gasteiger charge is 2.15. The summed E-state index contributed by atoms with van der Waals surface area (Å²) in [6.45, 7) is 6.58. The molecule has 110 valence electrons. The van der Waals surface area contributed by atoms with Gasteiger partial charge in [0, 0.05) is 6.04 Å². The first-order chi connectivity index (χ1) is 9.60. The van der Waals surface area contributed by atoms with Crippen LogP contribution in [-0.4, -0.2) is 6.04 Å². The molecule has 2 nitrogen and oxygen atoms in total. The van der Waals surface area contributed by atoms with Crippen LogP contribution in [0.4, 0.5) is 0 Å². The van der Waals surface area contributed by atoms with Crippen molar-refractivity contribution in [1.82, 2.24) is 5.43 Å². The minimum Gasteiger partial charge on any atom is -0.271 e. The summed E-state index contributed by atoms with van der Waals surface area (Å²) >= 11 is 0. The summed E-state index contributed by atoms with van der Waals surface area (Å²) in [5.74, 6) is 5.79. The molecule has 0 saturated carbocycles. The minimum absolute atomic E-state index is 0.347. The lowest BCUT2D eigenvalue weighted by atomic mass is 9.89. The van der Waals surface area contributed by atoms with Gasteiger partial charge in [-0.1, -0.05) is 29.3 Å². The van der Waals surface area contributed by atoms with Crippen LogP contribution in [0, 0.1) is 20.8 Å². The fraction of sp³-hybridized carbons (Fsp3) is 0.556. The zero-order valence-electron chi connectivity index (χ0n) is 13.1. The highest BCUT2D eigenvalue weighted by Crippen LogP contribution is 2.24. The second-order valence-electron chi connectivity index (χ2n) is 6.26. The highest BCUT2D eigenvalue weighted by atomic mass is 15.2. The number of hydrogen-bond donors (Lipinski definition) is 2. The molecule has 0 bridgehead atoms. The quantitative estimate of drug-likeness (QED) is 0.485. The van der Waals surface area contributed by atoms with Gasteiger partial charge < -0.3 is 0 Å². The van der Waals surface area contributed by atoms with Gasteiger partial charge in [0.15, 0.2) is 0 Å². The molecule has 2 heteroatoms. The summed E-state index contributed by atoms with van der Waals surface area (Å²) in [4.78, 5) is 0. The Morgan fingerprint density at radius 2 is 1.80 bits per heavy atom. The number of allylic oxidation sites excluding steroid dienone is 1. The first-order valence-corrected chi connectivity index (χ1v) is 7.81. The molecule has 0 aliphatic heterocycles. The van der Waals surface area contributed by atoms with Crippen LogP contribution in [0.25, 0.3) is 0 Å². The predicted octanol–water partition coefficient (Wildman–Crippen LogP) is 3.88. The van der Waals surface area contributed by atoms with E-state index in [-0.39, 0.29) is 0 Å². The molecule has 3 N–H and O–H groups in total. The van der Waals surface area contributed by atoms with Crippen molar-refractivity contribution in [3.05, 3.63) is 46.0 Å². The van der Waals surface area contributed by atoms with E-state index in [9.17, 15) is 0 Å². The van der Waals surface area contributed by atoms with Gasteiger partial charge in [0.05, 0.1) is 0 Å². The standard InChI is InChI=1S/C18H28N2/c1-13-9-14(2)18(15(3)10-13)12-17(20-19)11-16-7-5-4-6-8-16/h7,9-10,17,20H,4-6,8,11-12,19H2,1-3H3. The number of benzene rings is 1.